The Labute approximate surface area is 74.6 Å². The highest BCUT2D eigenvalue weighted by molar-refractivity contribution is 5.52. The third kappa shape index (κ3) is 0.639. The Morgan fingerprint density at radius 3 is 1.42 bits per heavy atom. The Morgan fingerprint density at radius 2 is 1.08 bits per heavy atom. The molecule has 0 atom stereocenters. The summed E-state index contributed by atoms with van der Waals surface area (Å²) in [4.78, 5) is 0. The van der Waals surface area contributed by atoms with Crippen LogP contribution in [0.25, 0.3) is 0 Å². The number of rotatable bonds is 0. The Kier molecular flexibility index (Phi) is 1.26. The molecule has 0 bridgehead atoms. The first-order valence-corrected chi connectivity index (χ1v) is 4.58. The van der Waals surface area contributed by atoms with Crippen molar-refractivity contribution < 1.29 is 0 Å². The minimum absolute atomic E-state index is 0.351. The molecular formula is C12H16. The lowest BCUT2D eigenvalue weighted by Gasteiger charge is -2.54. The van der Waals surface area contributed by atoms with Gasteiger partial charge in [0.05, 0.1) is 0 Å². The van der Waals surface area contributed by atoms with Crippen LogP contribution in [0.5, 0.6) is 0 Å². The van der Waals surface area contributed by atoms with E-state index in [9.17, 15) is 0 Å². The Bertz CT molecular complexity index is 286. The largest absolute Gasteiger partial charge is 0.0620 e. The van der Waals surface area contributed by atoms with Gasteiger partial charge in [-0.3, -0.25) is 0 Å². The molecule has 1 aromatic rings. The number of benzene rings is 1. The van der Waals surface area contributed by atoms with E-state index in [0.29, 0.717) is 10.8 Å². The van der Waals surface area contributed by atoms with E-state index in [0.717, 1.165) is 0 Å². The fourth-order valence-corrected chi connectivity index (χ4v) is 2.18. The molecule has 0 heteroatoms. The summed E-state index contributed by atoms with van der Waals surface area (Å²) in [5.41, 5.74) is 3.75. The minimum Gasteiger partial charge on any atom is -0.0620 e. The molecule has 0 aromatic heterocycles. The lowest BCUT2D eigenvalue weighted by molar-refractivity contribution is 0.242. The fraction of sp³-hybridized carbons (Fsp3) is 0.500. The van der Waals surface area contributed by atoms with E-state index in [1.807, 2.05) is 0 Å². The van der Waals surface area contributed by atoms with Crippen molar-refractivity contribution in [2.45, 2.75) is 38.5 Å². The molecule has 0 spiro atoms. The molecule has 0 amide bonds. The monoisotopic (exact) mass is 160 g/mol. The van der Waals surface area contributed by atoms with E-state index in [4.69, 9.17) is 0 Å². The van der Waals surface area contributed by atoms with Crippen molar-refractivity contribution in [3.63, 3.8) is 0 Å². The molecule has 0 unspecified atom stereocenters. The predicted molar refractivity (Wildman–Crippen MR) is 52.5 cm³/mol. The van der Waals surface area contributed by atoms with E-state index >= 15 is 0 Å². The van der Waals surface area contributed by atoms with Crippen molar-refractivity contribution in [1.29, 1.82) is 0 Å². The lowest BCUT2D eigenvalue weighted by Crippen LogP contribution is -2.50. The van der Waals surface area contributed by atoms with Crippen LogP contribution < -0.4 is 0 Å². The Hall–Kier alpha value is -0.780. The zero-order chi connectivity index (χ0) is 8.98. The highest BCUT2D eigenvalue weighted by Gasteiger charge is 2.50. The average molecular weight is 160 g/mol. The highest BCUT2D eigenvalue weighted by atomic mass is 14.5. The molecular weight excluding hydrogens is 144 g/mol. The van der Waals surface area contributed by atoms with Gasteiger partial charge in [0.2, 0.25) is 0 Å². The van der Waals surface area contributed by atoms with Gasteiger partial charge in [-0.05, 0) is 22.0 Å². The van der Waals surface area contributed by atoms with Crippen molar-refractivity contribution in [3.05, 3.63) is 35.4 Å². The van der Waals surface area contributed by atoms with Gasteiger partial charge in [-0.1, -0.05) is 52.0 Å². The molecule has 64 valence electrons. The van der Waals surface area contributed by atoms with Gasteiger partial charge < -0.3 is 0 Å². The first kappa shape index (κ1) is 7.85. The van der Waals surface area contributed by atoms with Crippen LogP contribution in [0.3, 0.4) is 0 Å². The molecule has 0 nitrogen and oxygen atoms in total. The number of fused-ring (bicyclic) bond motifs is 1. The van der Waals surface area contributed by atoms with Crippen LogP contribution in [0, 0.1) is 0 Å². The minimum atomic E-state index is 0.351. The maximum Gasteiger partial charge on any atom is -0.000900 e. The smallest absolute Gasteiger partial charge is 0.000900 e. The molecule has 0 saturated heterocycles. The molecule has 0 fully saturated rings. The van der Waals surface area contributed by atoms with Crippen LogP contribution >= 0.6 is 0 Å². The molecule has 0 saturated carbocycles. The Morgan fingerprint density at radius 1 is 0.750 bits per heavy atom. The molecule has 0 aliphatic heterocycles. The maximum absolute atomic E-state index is 2.33. The molecule has 2 rings (SSSR count). The van der Waals surface area contributed by atoms with Crippen LogP contribution in [-0.4, -0.2) is 0 Å². The van der Waals surface area contributed by atoms with Gasteiger partial charge >= 0.3 is 0 Å². The van der Waals surface area contributed by atoms with Gasteiger partial charge in [-0.15, -0.1) is 0 Å². The molecule has 12 heavy (non-hydrogen) atoms. The van der Waals surface area contributed by atoms with E-state index in [2.05, 4.69) is 52.0 Å². The third-order valence-corrected chi connectivity index (χ3v) is 3.84. The standard InChI is InChI=1S/C12H16/c1-11(2)9-7-5-6-8-10(9)12(11,3)4/h5-8H,1-4H3. The van der Waals surface area contributed by atoms with Crippen LogP contribution in [0.1, 0.15) is 38.8 Å². The first-order valence-electron chi connectivity index (χ1n) is 4.58. The van der Waals surface area contributed by atoms with Gasteiger partial charge in [0.25, 0.3) is 0 Å². The van der Waals surface area contributed by atoms with Crippen molar-refractivity contribution in [2.24, 2.45) is 0 Å². The van der Waals surface area contributed by atoms with Crippen molar-refractivity contribution in [2.75, 3.05) is 0 Å². The average Bonchev–Trinajstić information content (AvgIpc) is 2.04. The van der Waals surface area contributed by atoms with Crippen LogP contribution in [-0.2, 0) is 10.8 Å². The molecule has 1 aliphatic carbocycles. The summed E-state index contributed by atoms with van der Waals surface area (Å²) in [7, 11) is 0. The fourth-order valence-electron chi connectivity index (χ4n) is 2.18. The normalized spacial score (nSPS) is 22.7. The summed E-state index contributed by atoms with van der Waals surface area (Å²) in [6.07, 6.45) is 0. The molecule has 0 heterocycles. The lowest BCUT2D eigenvalue weighted by atomic mass is 9.50. The Balaban J connectivity index is 2.64. The van der Waals surface area contributed by atoms with Gasteiger partial charge in [0.1, 0.15) is 0 Å². The summed E-state index contributed by atoms with van der Waals surface area (Å²) in [5, 5.41) is 0. The second-order valence-corrected chi connectivity index (χ2v) is 4.80. The molecule has 1 aromatic carbocycles. The molecule has 0 N–H and O–H groups in total. The van der Waals surface area contributed by atoms with Crippen molar-refractivity contribution in [3.8, 4) is 0 Å². The number of hydrogen-bond acceptors (Lipinski definition) is 0. The highest BCUT2D eigenvalue weighted by Crippen LogP contribution is 2.55. The van der Waals surface area contributed by atoms with Gasteiger partial charge in [0.15, 0.2) is 0 Å². The van der Waals surface area contributed by atoms with Gasteiger partial charge in [0, 0.05) is 0 Å². The number of hydrogen-bond donors (Lipinski definition) is 0. The summed E-state index contributed by atoms with van der Waals surface area (Å²) in [6, 6.07) is 8.77. The summed E-state index contributed by atoms with van der Waals surface area (Å²) in [5.74, 6) is 0. The zero-order valence-corrected chi connectivity index (χ0v) is 8.31. The summed E-state index contributed by atoms with van der Waals surface area (Å²) < 4.78 is 0. The van der Waals surface area contributed by atoms with E-state index in [1.54, 1.807) is 0 Å². The van der Waals surface area contributed by atoms with Crippen LogP contribution in [0.4, 0.5) is 0 Å². The quantitative estimate of drug-likeness (QED) is 0.546. The maximum atomic E-state index is 2.33. The van der Waals surface area contributed by atoms with Crippen LogP contribution in [0.2, 0.25) is 0 Å². The molecule has 0 radical (unpaired) electrons. The molecule has 1 aliphatic rings. The summed E-state index contributed by atoms with van der Waals surface area (Å²) in [6.45, 7) is 9.31. The second-order valence-electron chi connectivity index (χ2n) is 4.80. The first-order chi connectivity index (χ1) is 5.48. The van der Waals surface area contributed by atoms with Crippen LogP contribution in [0.15, 0.2) is 24.3 Å². The van der Waals surface area contributed by atoms with Gasteiger partial charge in [-0.25, -0.2) is 0 Å². The third-order valence-electron chi connectivity index (χ3n) is 3.84. The SMILES string of the molecule is CC1(C)c2ccccc2C1(C)C. The van der Waals surface area contributed by atoms with E-state index in [-0.39, 0.29) is 0 Å². The van der Waals surface area contributed by atoms with Crippen molar-refractivity contribution >= 4 is 0 Å². The van der Waals surface area contributed by atoms with Crippen molar-refractivity contribution in [1.82, 2.24) is 0 Å². The second kappa shape index (κ2) is 1.93. The van der Waals surface area contributed by atoms with E-state index in [1.165, 1.54) is 11.1 Å². The topological polar surface area (TPSA) is 0 Å². The zero-order valence-electron chi connectivity index (χ0n) is 8.31. The predicted octanol–water partition coefficient (Wildman–Crippen LogP) is 3.26. The summed E-state index contributed by atoms with van der Waals surface area (Å²) >= 11 is 0. The van der Waals surface area contributed by atoms with E-state index < -0.39 is 0 Å². The van der Waals surface area contributed by atoms with Gasteiger partial charge in [-0.2, -0.15) is 0 Å².